The number of rotatable bonds is 7. The lowest BCUT2D eigenvalue weighted by atomic mass is 10.1. The molecule has 0 spiro atoms. The number of carbonyl (C=O) groups excluding carboxylic acids is 1. The van der Waals surface area contributed by atoms with E-state index in [0.717, 1.165) is 24.6 Å². The summed E-state index contributed by atoms with van der Waals surface area (Å²) in [5.41, 5.74) is 0.592. The summed E-state index contributed by atoms with van der Waals surface area (Å²) < 4.78 is 56.8. The van der Waals surface area contributed by atoms with Crippen LogP contribution in [-0.4, -0.2) is 58.9 Å². The molecule has 1 atom stereocenters. The summed E-state index contributed by atoms with van der Waals surface area (Å²) in [6.07, 6.45) is -4.15. The van der Waals surface area contributed by atoms with Gasteiger partial charge in [0, 0.05) is 42.6 Å². The van der Waals surface area contributed by atoms with Gasteiger partial charge in [0.05, 0.1) is 18.8 Å². The highest BCUT2D eigenvalue weighted by atomic mass is 32.1. The summed E-state index contributed by atoms with van der Waals surface area (Å²) in [6, 6.07) is 7.08. The molecule has 4 rings (SSSR count). The van der Waals surface area contributed by atoms with E-state index in [4.69, 9.17) is 9.15 Å². The van der Waals surface area contributed by atoms with E-state index in [1.54, 1.807) is 13.0 Å². The van der Waals surface area contributed by atoms with Gasteiger partial charge >= 0.3 is 6.36 Å². The number of nitrogens with zero attached hydrogens (tertiary/aromatic N) is 3. The smallest absolute Gasteiger partial charge is 0.461 e. The van der Waals surface area contributed by atoms with Gasteiger partial charge < -0.3 is 13.9 Å². The van der Waals surface area contributed by atoms with Crippen molar-refractivity contribution in [2.24, 2.45) is 0 Å². The summed E-state index contributed by atoms with van der Waals surface area (Å²) in [7, 11) is 0. The highest BCUT2D eigenvalue weighted by Crippen LogP contribution is 2.31. The predicted molar refractivity (Wildman–Crippen MR) is 119 cm³/mol. The van der Waals surface area contributed by atoms with Gasteiger partial charge in [-0.1, -0.05) is 12.1 Å². The van der Waals surface area contributed by atoms with Crippen LogP contribution in [0.3, 0.4) is 0 Å². The Labute approximate surface area is 197 Å². The number of nitrogens with one attached hydrogen (secondary N) is 1. The molecule has 1 aliphatic rings. The molecular weight excluding hydrogens is 473 g/mol. The second-order valence-electron chi connectivity index (χ2n) is 7.83. The topological polar surface area (TPSA) is 89.7 Å². The van der Waals surface area contributed by atoms with E-state index in [1.807, 2.05) is 0 Å². The average Bonchev–Trinajstić information content (AvgIpc) is 3.39. The van der Waals surface area contributed by atoms with Gasteiger partial charge in [-0.25, -0.2) is 4.98 Å². The van der Waals surface area contributed by atoms with Crippen LogP contribution in [0.4, 0.5) is 18.3 Å². The van der Waals surface area contributed by atoms with Crippen molar-refractivity contribution in [1.29, 1.82) is 0 Å². The molecule has 0 radical (unpaired) electrons. The minimum absolute atomic E-state index is 0.243. The normalized spacial score (nSPS) is 15.8. The number of amides is 1. The van der Waals surface area contributed by atoms with Gasteiger partial charge in [-0.05, 0) is 32.0 Å². The molecule has 3 aromatic rings. The largest absolute Gasteiger partial charge is 0.573 e. The van der Waals surface area contributed by atoms with Crippen molar-refractivity contribution in [3.8, 4) is 17.1 Å². The number of anilines is 1. The minimum atomic E-state index is -4.80. The Balaban J connectivity index is 1.41. The molecule has 1 aromatic carbocycles. The van der Waals surface area contributed by atoms with Crippen LogP contribution in [0.5, 0.6) is 5.75 Å². The quantitative estimate of drug-likeness (QED) is 0.514. The molecule has 1 saturated heterocycles. The van der Waals surface area contributed by atoms with Crippen LogP contribution in [0, 0.1) is 6.92 Å². The Morgan fingerprint density at radius 1 is 1.29 bits per heavy atom. The van der Waals surface area contributed by atoms with E-state index in [0.29, 0.717) is 41.9 Å². The summed E-state index contributed by atoms with van der Waals surface area (Å²) in [6.45, 7) is 6.86. The first kappa shape index (κ1) is 24.2. The summed E-state index contributed by atoms with van der Waals surface area (Å²) >= 11 is 1.09. The van der Waals surface area contributed by atoms with E-state index in [9.17, 15) is 18.0 Å². The number of hydrogen-bond donors (Lipinski definition) is 1. The van der Waals surface area contributed by atoms with Crippen molar-refractivity contribution in [2.45, 2.75) is 32.7 Å². The van der Waals surface area contributed by atoms with Crippen LogP contribution in [0.1, 0.15) is 28.9 Å². The maximum atomic E-state index is 12.8. The highest BCUT2D eigenvalue weighted by Gasteiger charge is 2.31. The molecule has 12 heteroatoms. The van der Waals surface area contributed by atoms with Crippen LogP contribution in [-0.2, 0) is 11.2 Å². The van der Waals surface area contributed by atoms with E-state index in [1.165, 1.54) is 24.3 Å². The number of alkyl halides is 3. The fraction of sp³-hybridized carbons (Fsp3) is 0.409. The molecule has 182 valence electrons. The number of ether oxygens (including phenoxy) is 2. The van der Waals surface area contributed by atoms with Crippen molar-refractivity contribution in [1.82, 2.24) is 14.3 Å². The average molecular weight is 497 g/mol. The first-order valence-electron chi connectivity index (χ1n) is 10.6. The zero-order valence-corrected chi connectivity index (χ0v) is 19.3. The predicted octanol–water partition coefficient (Wildman–Crippen LogP) is 4.52. The molecule has 3 heterocycles. The van der Waals surface area contributed by atoms with Gasteiger partial charge in [0.15, 0.2) is 0 Å². The molecule has 8 nitrogen and oxygen atoms in total. The highest BCUT2D eigenvalue weighted by molar-refractivity contribution is 7.09. The second kappa shape index (κ2) is 10.1. The SMILES string of the molecule is Cc1oc(-c2cccc(OC(F)(F)F)c2)cc1C(=O)Nc1nc(CC(C)N2CCOCC2)ns1. The molecule has 1 amide bonds. The van der Waals surface area contributed by atoms with Gasteiger partial charge in [-0.3, -0.25) is 15.0 Å². The number of furan rings is 1. The Kier molecular flexibility index (Phi) is 7.19. The fourth-order valence-electron chi connectivity index (χ4n) is 3.66. The van der Waals surface area contributed by atoms with Gasteiger partial charge in [-0.2, -0.15) is 4.37 Å². The van der Waals surface area contributed by atoms with Crippen molar-refractivity contribution >= 4 is 22.6 Å². The van der Waals surface area contributed by atoms with Gasteiger partial charge in [-0.15, -0.1) is 13.2 Å². The van der Waals surface area contributed by atoms with Crippen LogP contribution in [0.2, 0.25) is 0 Å². The molecule has 1 fully saturated rings. The van der Waals surface area contributed by atoms with Crippen molar-refractivity contribution in [3.63, 3.8) is 0 Å². The number of halogens is 3. The maximum absolute atomic E-state index is 12.8. The van der Waals surface area contributed by atoms with Crippen LogP contribution in [0.15, 0.2) is 34.7 Å². The van der Waals surface area contributed by atoms with E-state index in [2.05, 4.69) is 31.2 Å². The number of hydrogen-bond acceptors (Lipinski definition) is 8. The third-order valence-electron chi connectivity index (χ3n) is 5.35. The summed E-state index contributed by atoms with van der Waals surface area (Å²) in [5, 5.41) is 3.08. The van der Waals surface area contributed by atoms with E-state index in [-0.39, 0.29) is 23.1 Å². The van der Waals surface area contributed by atoms with Crippen molar-refractivity contribution in [2.75, 3.05) is 31.6 Å². The zero-order chi connectivity index (χ0) is 24.3. The lowest BCUT2D eigenvalue weighted by Crippen LogP contribution is -2.43. The van der Waals surface area contributed by atoms with Gasteiger partial charge in [0.2, 0.25) is 5.13 Å². The Morgan fingerprint density at radius 2 is 2.06 bits per heavy atom. The standard InChI is InChI=1S/C22H23F3N4O4S/c1-13(29-6-8-31-9-7-29)10-19-26-21(34-28-19)27-20(30)17-12-18(32-14(17)2)15-4-3-5-16(11-15)33-22(23,24)25/h3-5,11-13H,6-10H2,1-2H3,(H,26,27,28,30). The molecule has 0 aliphatic carbocycles. The Bertz CT molecular complexity index is 1140. The lowest BCUT2D eigenvalue weighted by Gasteiger charge is -2.31. The summed E-state index contributed by atoms with van der Waals surface area (Å²) in [5.74, 6) is 0.384. The van der Waals surface area contributed by atoms with E-state index < -0.39 is 12.3 Å². The molecule has 0 bridgehead atoms. The monoisotopic (exact) mass is 496 g/mol. The Hall–Kier alpha value is -2.96. The first-order valence-corrected chi connectivity index (χ1v) is 11.4. The van der Waals surface area contributed by atoms with E-state index >= 15 is 0 Å². The lowest BCUT2D eigenvalue weighted by molar-refractivity contribution is -0.274. The number of aromatic nitrogens is 2. The number of benzene rings is 1. The van der Waals surface area contributed by atoms with Crippen molar-refractivity contribution < 1.29 is 31.9 Å². The Morgan fingerprint density at radius 3 is 2.79 bits per heavy atom. The fourth-order valence-corrected chi connectivity index (χ4v) is 4.25. The molecule has 1 unspecified atom stereocenters. The van der Waals surface area contributed by atoms with Crippen LogP contribution >= 0.6 is 11.5 Å². The molecule has 34 heavy (non-hydrogen) atoms. The second-order valence-corrected chi connectivity index (χ2v) is 8.58. The number of aryl methyl sites for hydroxylation is 1. The van der Waals surface area contributed by atoms with Crippen LogP contribution in [0.25, 0.3) is 11.3 Å². The molecule has 2 aromatic heterocycles. The maximum Gasteiger partial charge on any atom is 0.573 e. The molecule has 0 saturated carbocycles. The third-order valence-corrected chi connectivity index (χ3v) is 6.02. The number of carbonyl (C=O) groups is 1. The third kappa shape index (κ3) is 6.13. The zero-order valence-electron chi connectivity index (χ0n) is 18.5. The summed E-state index contributed by atoms with van der Waals surface area (Å²) in [4.78, 5) is 19.5. The van der Waals surface area contributed by atoms with Gasteiger partial charge in [0.1, 0.15) is 23.1 Å². The molecule has 1 aliphatic heterocycles. The van der Waals surface area contributed by atoms with Crippen molar-refractivity contribution in [3.05, 3.63) is 47.5 Å². The molecular formula is C22H23F3N4O4S. The number of morpholine rings is 1. The first-order chi connectivity index (χ1) is 16.2. The molecule has 1 N–H and O–H groups in total. The minimum Gasteiger partial charge on any atom is -0.461 e. The van der Waals surface area contributed by atoms with Gasteiger partial charge in [0.25, 0.3) is 5.91 Å². The van der Waals surface area contributed by atoms with Crippen LogP contribution < -0.4 is 10.1 Å².